The van der Waals surface area contributed by atoms with Crippen molar-refractivity contribution in [3.8, 4) is 0 Å². The van der Waals surface area contributed by atoms with Crippen LogP contribution in [0.1, 0.15) is 46.5 Å². The van der Waals surface area contributed by atoms with Crippen molar-refractivity contribution < 1.29 is 9.50 Å². The summed E-state index contributed by atoms with van der Waals surface area (Å²) in [5.41, 5.74) is 0. The van der Waals surface area contributed by atoms with Crippen LogP contribution in [0, 0.1) is 5.41 Å². The van der Waals surface area contributed by atoms with Gasteiger partial charge in [-0.1, -0.05) is 0 Å². The molecule has 0 radical (unpaired) electrons. The third-order valence-electron chi connectivity index (χ3n) is 4.02. The van der Waals surface area contributed by atoms with E-state index in [0.29, 0.717) is 19.4 Å². The average Bonchev–Trinajstić information content (AvgIpc) is 2.50. The molecular formula is C15H29BN4O2. The zero-order valence-electron chi connectivity index (χ0n) is 14.5. The number of nitrogens with one attached hydrogen (secondary N) is 1. The Morgan fingerprint density at radius 3 is 2.55 bits per heavy atom. The van der Waals surface area contributed by atoms with Gasteiger partial charge in [0.2, 0.25) is 0 Å². The van der Waals surface area contributed by atoms with Gasteiger partial charge in [0, 0.05) is 0 Å². The molecule has 22 heavy (non-hydrogen) atoms. The van der Waals surface area contributed by atoms with Crippen molar-refractivity contribution in [3.63, 3.8) is 0 Å². The summed E-state index contributed by atoms with van der Waals surface area (Å²) < 4.78 is 10.5. The van der Waals surface area contributed by atoms with Crippen LogP contribution in [0.5, 0.6) is 0 Å². The molecule has 0 heterocycles. The molecule has 0 aromatic rings. The van der Waals surface area contributed by atoms with E-state index < -0.39 is 0 Å². The summed E-state index contributed by atoms with van der Waals surface area (Å²) in [5, 5.41) is 7.52. The van der Waals surface area contributed by atoms with Gasteiger partial charge < -0.3 is 0 Å². The minimum atomic E-state index is -0.177. The fraction of sp³-hybridized carbons (Fsp3) is 0.800. The number of hydrogen-bond acceptors (Lipinski definition) is 4. The van der Waals surface area contributed by atoms with Gasteiger partial charge in [0.15, 0.2) is 0 Å². The molecule has 124 valence electrons. The number of amidine groups is 1. The number of carbonyl (C=O) groups is 1. The molecule has 0 rings (SSSR count). The zero-order valence-corrected chi connectivity index (χ0v) is 14.5. The first-order chi connectivity index (χ1) is 10.3. The molecule has 6 nitrogen and oxygen atoms in total. The minimum absolute atomic E-state index is 0.0546. The van der Waals surface area contributed by atoms with Crippen LogP contribution in [-0.4, -0.2) is 67.5 Å². The van der Waals surface area contributed by atoms with Crippen LogP contribution in [0.25, 0.3) is 0 Å². The maximum atomic E-state index is 12.2. The van der Waals surface area contributed by atoms with Crippen molar-refractivity contribution in [2.24, 2.45) is 4.99 Å². The van der Waals surface area contributed by atoms with E-state index in [1.165, 1.54) is 6.11 Å². The molecular weight excluding hydrogens is 279 g/mol. The van der Waals surface area contributed by atoms with Crippen LogP contribution in [-0.2, 0) is 9.50 Å². The summed E-state index contributed by atoms with van der Waals surface area (Å²) in [6.07, 6.45) is 4.01. The molecule has 7 heteroatoms. The SMILES string of the molecule is CCC(C)N(C)C(=O)CC(CCCN(C)C(C)=N)N=CB=O. The van der Waals surface area contributed by atoms with E-state index in [2.05, 4.69) is 4.99 Å². The fourth-order valence-corrected chi connectivity index (χ4v) is 1.98. The first-order valence-corrected chi connectivity index (χ1v) is 7.82. The Kier molecular flexibility index (Phi) is 10.3. The normalized spacial score (nSPS) is 13.5. The molecule has 1 amide bonds. The molecule has 2 atom stereocenters. The van der Waals surface area contributed by atoms with Crippen LogP contribution in [0.3, 0.4) is 0 Å². The Morgan fingerprint density at radius 2 is 2.05 bits per heavy atom. The van der Waals surface area contributed by atoms with Crippen LogP contribution in [0.2, 0.25) is 0 Å². The summed E-state index contributed by atoms with van der Waals surface area (Å²) in [5.74, 6) is 0.569. The van der Waals surface area contributed by atoms with Crippen LogP contribution < -0.4 is 0 Å². The molecule has 2 unspecified atom stereocenters. The summed E-state index contributed by atoms with van der Waals surface area (Å²) in [6.45, 7) is 6.56. The van der Waals surface area contributed by atoms with Crippen molar-refractivity contribution in [2.45, 2.75) is 58.5 Å². The molecule has 0 aromatic carbocycles. The molecule has 0 aliphatic heterocycles. The fourth-order valence-electron chi connectivity index (χ4n) is 1.98. The first-order valence-electron chi connectivity index (χ1n) is 7.82. The van der Waals surface area contributed by atoms with Crippen molar-refractivity contribution >= 4 is 25.0 Å². The molecule has 0 bridgehead atoms. The second-order valence-electron chi connectivity index (χ2n) is 5.70. The van der Waals surface area contributed by atoms with Gasteiger partial charge >= 0.3 is 134 Å². The van der Waals surface area contributed by atoms with E-state index in [1.54, 1.807) is 11.8 Å². The van der Waals surface area contributed by atoms with Crippen molar-refractivity contribution in [1.82, 2.24) is 9.80 Å². The van der Waals surface area contributed by atoms with Crippen molar-refractivity contribution in [3.05, 3.63) is 0 Å². The Labute approximate surface area is 134 Å². The van der Waals surface area contributed by atoms with Gasteiger partial charge in [0.1, 0.15) is 0 Å². The van der Waals surface area contributed by atoms with Gasteiger partial charge in [0.05, 0.1) is 0 Å². The van der Waals surface area contributed by atoms with Gasteiger partial charge in [-0.05, 0) is 0 Å². The molecule has 1 N–H and O–H groups in total. The number of hydrogen-bond donors (Lipinski definition) is 1. The van der Waals surface area contributed by atoms with Gasteiger partial charge in [-0.3, -0.25) is 0 Å². The second kappa shape index (κ2) is 11.1. The maximum absolute atomic E-state index is 12.2. The topological polar surface area (TPSA) is 76.8 Å². The Balaban J connectivity index is 4.51. The third-order valence-corrected chi connectivity index (χ3v) is 4.02. The monoisotopic (exact) mass is 308 g/mol. The van der Waals surface area contributed by atoms with Crippen LogP contribution in [0.4, 0.5) is 0 Å². The van der Waals surface area contributed by atoms with Crippen LogP contribution >= 0.6 is 0 Å². The second-order valence-corrected chi connectivity index (χ2v) is 5.70. The quantitative estimate of drug-likeness (QED) is 0.380. The molecule has 0 aromatic heterocycles. The number of nitrogens with zero attached hydrogens (tertiary/aromatic N) is 3. The molecule has 0 saturated heterocycles. The Morgan fingerprint density at radius 1 is 1.41 bits per heavy atom. The molecule has 0 spiro atoms. The van der Waals surface area contributed by atoms with E-state index in [1.807, 2.05) is 32.8 Å². The summed E-state index contributed by atoms with van der Waals surface area (Å²) in [6, 6.07) is 0.0264. The van der Waals surface area contributed by atoms with Gasteiger partial charge in [0.25, 0.3) is 0 Å². The van der Waals surface area contributed by atoms with E-state index in [0.717, 1.165) is 25.8 Å². The predicted molar refractivity (Wildman–Crippen MR) is 91.1 cm³/mol. The van der Waals surface area contributed by atoms with Crippen molar-refractivity contribution in [2.75, 3.05) is 20.6 Å². The Bertz CT molecular complexity index is 401. The number of aliphatic imine (C=N–C) groups is 1. The molecule has 0 aliphatic carbocycles. The van der Waals surface area contributed by atoms with E-state index in [4.69, 9.17) is 5.41 Å². The standard InChI is InChI=1S/C15H29BN4O2/c1-6-12(2)20(5)15(21)10-14(18-11-16-22)8-7-9-19(4)13(3)17/h11-12,14,17H,6-10H2,1-5H3. The summed E-state index contributed by atoms with van der Waals surface area (Å²) >= 11 is 0. The molecule has 0 aliphatic rings. The first kappa shape index (κ1) is 20.5. The van der Waals surface area contributed by atoms with E-state index in [-0.39, 0.29) is 18.0 Å². The summed E-state index contributed by atoms with van der Waals surface area (Å²) in [4.78, 5) is 20.0. The van der Waals surface area contributed by atoms with E-state index >= 15 is 0 Å². The van der Waals surface area contributed by atoms with Gasteiger partial charge in [-0.15, -0.1) is 0 Å². The number of rotatable bonds is 10. The van der Waals surface area contributed by atoms with Crippen molar-refractivity contribution in [1.29, 1.82) is 5.41 Å². The van der Waals surface area contributed by atoms with E-state index in [9.17, 15) is 9.50 Å². The Hall–Kier alpha value is -1.53. The number of amides is 1. The van der Waals surface area contributed by atoms with Gasteiger partial charge in [-0.2, -0.15) is 0 Å². The average molecular weight is 308 g/mol. The van der Waals surface area contributed by atoms with Gasteiger partial charge in [-0.25, -0.2) is 0 Å². The summed E-state index contributed by atoms with van der Waals surface area (Å²) in [7, 11) is 4.32. The molecule has 0 fully saturated rings. The zero-order chi connectivity index (χ0) is 17.1. The number of carbonyl (C=O) groups excluding carboxylic acids is 1. The van der Waals surface area contributed by atoms with Crippen LogP contribution in [0.15, 0.2) is 4.99 Å². The molecule has 0 saturated carbocycles. The predicted octanol–water partition coefficient (Wildman–Crippen LogP) is 1.79. The third kappa shape index (κ3) is 8.05.